The molecule has 2 atom stereocenters. The molecule has 0 aliphatic rings. The van der Waals surface area contributed by atoms with Crippen molar-refractivity contribution in [2.75, 3.05) is 7.11 Å². The summed E-state index contributed by atoms with van der Waals surface area (Å²) in [4.78, 5) is 0. The van der Waals surface area contributed by atoms with E-state index in [-0.39, 0.29) is 6.04 Å². The van der Waals surface area contributed by atoms with E-state index < -0.39 is 0 Å². The molecule has 92 valence electrons. The van der Waals surface area contributed by atoms with Crippen molar-refractivity contribution in [2.45, 2.75) is 46.2 Å². The molecule has 1 rings (SSSR count). The maximum atomic E-state index is 6.28. The molecule has 2 unspecified atom stereocenters. The highest BCUT2D eigenvalue weighted by molar-refractivity contribution is 5.28. The Morgan fingerprint density at radius 3 is 2.69 bits per heavy atom. The predicted molar refractivity (Wildman–Crippen MR) is 65.5 cm³/mol. The second-order valence-corrected chi connectivity index (χ2v) is 4.21. The molecule has 1 heterocycles. The molecule has 1 aromatic rings. The number of nitrogens with two attached hydrogens (primary N) is 1. The van der Waals surface area contributed by atoms with Gasteiger partial charge in [0.2, 0.25) is 0 Å². The van der Waals surface area contributed by atoms with Crippen LogP contribution in [-0.2, 0) is 6.54 Å². The summed E-state index contributed by atoms with van der Waals surface area (Å²) < 4.78 is 7.24. The molecule has 2 N–H and O–H groups in total. The van der Waals surface area contributed by atoms with E-state index in [1.54, 1.807) is 13.3 Å². The third kappa shape index (κ3) is 2.55. The summed E-state index contributed by atoms with van der Waals surface area (Å²) in [6, 6.07) is -0.00245. The Balaban J connectivity index is 2.95. The molecule has 0 aliphatic carbocycles. The fourth-order valence-corrected chi connectivity index (χ4v) is 2.03. The van der Waals surface area contributed by atoms with Gasteiger partial charge in [-0.1, -0.05) is 20.3 Å². The van der Waals surface area contributed by atoms with Crippen LogP contribution in [0.2, 0.25) is 0 Å². The smallest absolute Gasteiger partial charge is 0.161 e. The number of rotatable bonds is 6. The number of methoxy groups -OCH3 is 1. The molecule has 0 saturated carbocycles. The summed E-state index contributed by atoms with van der Waals surface area (Å²) >= 11 is 0. The maximum Gasteiger partial charge on any atom is 0.161 e. The Labute approximate surface area is 97.8 Å². The average Bonchev–Trinajstić information content (AvgIpc) is 2.70. The van der Waals surface area contributed by atoms with E-state index in [4.69, 9.17) is 10.5 Å². The molecular weight excluding hydrogens is 202 g/mol. The van der Waals surface area contributed by atoms with Gasteiger partial charge in [-0.15, -0.1) is 0 Å². The molecule has 0 aromatic carbocycles. The van der Waals surface area contributed by atoms with E-state index in [0.29, 0.717) is 5.92 Å². The van der Waals surface area contributed by atoms with Crippen LogP contribution in [-0.4, -0.2) is 16.9 Å². The van der Waals surface area contributed by atoms with Crippen LogP contribution in [0.15, 0.2) is 6.20 Å². The van der Waals surface area contributed by atoms with Crippen LogP contribution in [0.3, 0.4) is 0 Å². The van der Waals surface area contributed by atoms with Gasteiger partial charge in [-0.3, -0.25) is 4.68 Å². The third-order valence-corrected chi connectivity index (χ3v) is 3.04. The number of hydrogen-bond donors (Lipinski definition) is 1. The van der Waals surface area contributed by atoms with Crippen LogP contribution in [0, 0.1) is 5.92 Å². The van der Waals surface area contributed by atoms with Crippen molar-refractivity contribution in [2.24, 2.45) is 11.7 Å². The Bertz CT molecular complexity index is 301. The highest BCUT2D eigenvalue weighted by Crippen LogP contribution is 2.30. The molecule has 0 fully saturated rings. The van der Waals surface area contributed by atoms with E-state index in [2.05, 4.69) is 25.9 Å². The quantitative estimate of drug-likeness (QED) is 0.808. The lowest BCUT2D eigenvalue weighted by atomic mass is 9.95. The van der Waals surface area contributed by atoms with Crippen LogP contribution in [0.4, 0.5) is 0 Å². The van der Waals surface area contributed by atoms with Gasteiger partial charge >= 0.3 is 0 Å². The van der Waals surface area contributed by atoms with Crippen LogP contribution in [0.25, 0.3) is 0 Å². The van der Waals surface area contributed by atoms with Gasteiger partial charge in [0.1, 0.15) is 0 Å². The molecule has 4 heteroatoms. The van der Waals surface area contributed by atoms with E-state index in [0.717, 1.165) is 30.8 Å². The first-order chi connectivity index (χ1) is 7.65. The van der Waals surface area contributed by atoms with Gasteiger partial charge in [-0.05, 0) is 19.3 Å². The minimum absolute atomic E-state index is 0.00245. The van der Waals surface area contributed by atoms with Crippen molar-refractivity contribution in [3.63, 3.8) is 0 Å². The van der Waals surface area contributed by atoms with Crippen molar-refractivity contribution in [3.8, 4) is 5.75 Å². The van der Waals surface area contributed by atoms with Gasteiger partial charge in [0.05, 0.1) is 25.0 Å². The Morgan fingerprint density at radius 1 is 1.50 bits per heavy atom. The van der Waals surface area contributed by atoms with Gasteiger partial charge in [-0.25, -0.2) is 0 Å². The summed E-state index contributed by atoms with van der Waals surface area (Å²) in [5, 5.41) is 4.28. The van der Waals surface area contributed by atoms with Crippen molar-refractivity contribution >= 4 is 0 Å². The second-order valence-electron chi connectivity index (χ2n) is 4.21. The summed E-state index contributed by atoms with van der Waals surface area (Å²) in [6.45, 7) is 7.25. The monoisotopic (exact) mass is 225 g/mol. The molecule has 0 bridgehead atoms. The lowest BCUT2D eigenvalue weighted by molar-refractivity contribution is 0.369. The van der Waals surface area contributed by atoms with Gasteiger partial charge < -0.3 is 10.5 Å². The van der Waals surface area contributed by atoms with Crippen LogP contribution >= 0.6 is 0 Å². The molecule has 0 aliphatic heterocycles. The maximum absolute atomic E-state index is 6.28. The van der Waals surface area contributed by atoms with Crippen LogP contribution in [0.1, 0.15) is 45.3 Å². The van der Waals surface area contributed by atoms with Gasteiger partial charge in [0.15, 0.2) is 5.75 Å². The zero-order chi connectivity index (χ0) is 12.1. The van der Waals surface area contributed by atoms with Crippen LogP contribution in [0.5, 0.6) is 5.75 Å². The molecule has 0 amide bonds. The molecular formula is C12H23N3O. The first-order valence-corrected chi connectivity index (χ1v) is 6.00. The number of hydrogen-bond acceptors (Lipinski definition) is 3. The van der Waals surface area contributed by atoms with Crippen molar-refractivity contribution in [3.05, 3.63) is 11.9 Å². The molecule has 0 spiro atoms. The van der Waals surface area contributed by atoms with Crippen molar-refractivity contribution in [1.82, 2.24) is 9.78 Å². The van der Waals surface area contributed by atoms with E-state index in [9.17, 15) is 0 Å². The topological polar surface area (TPSA) is 53.1 Å². The lowest BCUT2D eigenvalue weighted by Crippen LogP contribution is -2.23. The number of ether oxygens (including phenoxy) is 1. The highest BCUT2D eigenvalue weighted by atomic mass is 16.5. The van der Waals surface area contributed by atoms with Crippen molar-refractivity contribution < 1.29 is 4.74 Å². The molecule has 0 saturated heterocycles. The van der Waals surface area contributed by atoms with Gasteiger partial charge in [0, 0.05) is 6.54 Å². The van der Waals surface area contributed by atoms with Gasteiger partial charge in [0.25, 0.3) is 0 Å². The normalized spacial score (nSPS) is 14.8. The Kier molecular flexibility index (Phi) is 4.80. The standard InChI is InChI=1S/C12H23N3O/c1-5-7-9(3)11(13)12-10(16-4)8-14-15(12)6-2/h8-9,11H,5-7,13H2,1-4H3. The van der Waals surface area contributed by atoms with E-state index in [1.807, 2.05) is 4.68 Å². The Morgan fingerprint density at radius 2 is 2.19 bits per heavy atom. The zero-order valence-corrected chi connectivity index (χ0v) is 10.7. The fraction of sp³-hybridized carbons (Fsp3) is 0.750. The predicted octanol–water partition coefficient (Wildman–Crippen LogP) is 2.35. The summed E-state index contributed by atoms with van der Waals surface area (Å²) in [5.41, 5.74) is 7.30. The third-order valence-electron chi connectivity index (χ3n) is 3.04. The summed E-state index contributed by atoms with van der Waals surface area (Å²) in [7, 11) is 1.66. The Hall–Kier alpha value is -1.03. The minimum atomic E-state index is -0.00245. The fourth-order valence-electron chi connectivity index (χ4n) is 2.03. The van der Waals surface area contributed by atoms with Gasteiger partial charge in [-0.2, -0.15) is 5.10 Å². The minimum Gasteiger partial charge on any atom is -0.493 e. The average molecular weight is 225 g/mol. The molecule has 1 aromatic heterocycles. The molecule has 16 heavy (non-hydrogen) atoms. The summed E-state index contributed by atoms with van der Waals surface area (Å²) in [6.07, 6.45) is 4.02. The first kappa shape index (κ1) is 13.0. The summed E-state index contributed by atoms with van der Waals surface area (Å²) in [5.74, 6) is 1.25. The van der Waals surface area contributed by atoms with Crippen molar-refractivity contribution in [1.29, 1.82) is 0 Å². The number of nitrogens with zero attached hydrogens (tertiary/aromatic N) is 2. The first-order valence-electron chi connectivity index (χ1n) is 6.00. The number of aromatic nitrogens is 2. The largest absolute Gasteiger partial charge is 0.493 e. The van der Waals surface area contributed by atoms with E-state index >= 15 is 0 Å². The second kappa shape index (κ2) is 5.89. The highest BCUT2D eigenvalue weighted by Gasteiger charge is 2.22. The van der Waals surface area contributed by atoms with E-state index in [1.165, 1.54) is 0 Å². The number of aryl methyl sites for hydroxylation is 1. The zero-order valence-electron chi connectivity index (χ0n) is 10.7. The molecule has 0 radical (unpaired) electrons. The molecule has 4 nitrogen and oxygen atoms in total. The SMILES string of the molecule is CCCC(C)C(N)c1c(OC)cnn1CC. The van der Waals surface area contributed by atoms with Crippen LogP contribution < -0.4 is 10.5 Å². The lowest BCUT2D eigenvalue weighted by Gasteiger charge is -2.21.